The van der Waals surface area contributed by atoms with Gasteiger partial charge in [-0.25, -0.2) is 9.97 Å². The van der Waals surface area contributed by atoms with Crippen molar-refractivity contribution in [3.8, 4) is 34.7 Å². The third-order valence-corrected chi connectivity index (χ3v) is 7.40. The molecule has 0 fully saturated rings. The molecule has 0 atom stereocenters. The van der Waals surface area contributed by atoms with Gasteiger partial charge < -0.3 is 0 Å². The summed E-state index contributed by atoms with van der Waals surface area (Å²) < 4.78 is 0.516. The minimum atomic E-state index is 0.496. The molecule has 34 heavy (non-hydrogen) atoms. The number of rotatable bonds is 4. The summed E-state index contributed by atoms with van der Waals surface area (Å²) in [5, 5.41) is 20.6. The SMILES string of the molecule is Cc1cc(-c2ccccc2)nc(SC(=S)Sc2nc(-c3ccccc3)cc(C)c2C#N)c1C#N. The molecule has 7 heteroatoms. The van der Waals surface area contributed by atoms with E-state index in [-0.39, 0.29) is 0 Å². The smallest absolute Gasteiger partial charge is 0.121 e. The molecular formula is C27H18N4S3. The van der Waals surface area contributed by atoms with Gasteiger partial charge in [-0.15, -0.1) is 0 Å². The third kappa shape index (κ3) is 5.18. The number of hydrogen-bond acceptors (Lipinski definition) is 7. The Morgan fingerprint density at radius 3 is 1.44 bits per heavy atom. The highest BCUT2D eigenvalue weighted by Gasteiger charge is 2.18. The van der Waals surface area contributed by atoms with E-state index in [4.69, 9.17) is 22.2 Å². The van der Waals surface area contributed by atoms with Crippen LogP contribution in [0.3, 0.4) is 0 Å². The highest BCUT2D eigenvalue weighted by Crippen LogP contribution is 2.36. The Morgan fingerprint density at radius 1 is 0.706 bits per heavy atom. The lowest BCUT2D eigenvalue weighted by Crippen LogP contribution is -1.98. The summed E-state index contributed by atoms with van der Waals surface area (Å²) in [4.78, 5) is 9.47. The van der Waals surface area contributed by atoms with Gasteiger partial charge in [0.15, 0.2) is 0 Å². The summed E-state index contributed by atoms with van der Waals surface area (Å²) in [6, 6.07) is 28.0. The van der Waals surface area contributed by atoms with Crippen molar-refractivity contribution in [3.05, 3.63) is 95.1 Å². The van der Waals surface area contributed by atoms with Crippen molar-refractivity contribution in [3.63, 3.8) is 0 Å². The number of benzene rings is 2. The van der Waals surface area contributed by atoms with Crippen LogP contribution in [0.1, 0.15) is 22.3 Å². The normalized spacial score (nSPS) is 10.4. The number of aromatic nitrogens is 2. The van der Waals surface area contributed by atoms with Crippen LogP contribution in [-0.4, -0.2) is 13.5 Å². The Hall–Kier alpha value is -3.49. The summed E-state index contributed by atoms with van der Waals surface area (Å²) in [5.41, 5.74) is 6.17. The van der Waals surface area contributed by atoms with Gasteiger partial charge in [0.1, 0.15) is 25.7 Å². The predicted octanol–water partition coefficient (Wildman–Crippen LogP) is 7.34. The van der Waals surface area contributed by atoms with E-state index in [1.54, 1.807) is 0 Å². The zero-order valence-corrected chi connectivity index (χ0v) is 20.9. The lowest BCUT2D eigenvalue weighted by molar-refractivity contribution is 1.10. The van der Waals surface area contributed by atoms with Crippen LogP contribution >= 0.6 is 35.7 Å². The molecule has 0 aliphatic carbocycles. The number of hydrogen-bond donors (Lipinski definition) is 0. The van der Waals surface area contributed by atoms with Gasteiger partial charge in [-0.05, 0) is 60.6 Å². The number of thiocarbonyl (C=S) groups is 1. The van der Waals surface area contributed by atoms with Gasteiger partial charge in [0, 0.05) is 11.1 Å². The highest BCUT2D eigenvalue weighted by molar-refractivity contribution is 8.47. The maximum Gasteiger partial charge on any atom is 0.121 e. The summed E-state index contributed by atoms with van der Waals surface area (Å²) in [6.07, 6.45) is 0. The molecule has 0 unspecified atom stereocenters. The molecule has 2 aromatic carbocycles. The minimum Gasteiger partial charge on any atom is -0.240 e. The van der Waals surface area contributed by atoms with Crippen molar-refractivity contribution in [2.24, 2.45) is 0 Å². The Bertz CT molecular complexity index is 1340. The van der Waals surface area contributed by atoms with E-state index >= 15 is 0 Å². The fourth-order valence-electron chi connectivity index (χ4n) is 3.40. The van der Waals surface area contributed by atoms with Crippen LogP contribution in [0.4, 0.5) is 0 Å². The van der Waals surface area contributed by atoms with Crippen LogP contribution in [0.2, 0.25) is 0 Å². The van der Waals surface area contributed by atoms with Crippen molar-refractivity contribution >= 4 is 39.3 Å². The van der Waals surface area contributed by atoms with Crippen molar-refractivity contribution in [2.45, 2.75) is 23.9 Å². The Labute approximate surface area is 212 Å². The lowest BCUT2D eigenvalue weighted by Gasteiger charge is -2.12. The van der Waals surface area contributed by atoms with Gasteiger partial charge in [0.25, 0.3) is 0 Å². The van der Waals surface area contributed by atoms with Crippen LogP contribution in [0.15, 0.2) is 82.8 Å². The van der Waals surface area contributed by atoms with E-state index in [9.17, 15) is 10.5 Å². The van der Waals surface area contributed by atoms with Crippen LogP contribution in [0.25, 0.3) is 22.5 Å². The zero-order valence-electron chi connectivity index (χ0n) is 18.4. The molecule has 164 valence electrons. The molecule has 4 nitrogen and oxygen atoms in total. The number of nitriles is 2. The first-order chi connectivity index (χ1) is 16.5. The maximum absolute atomic E-state index is 9.74. The number of aryl methyl sites for hydroxylation is 2. The van der Waals surface area contributed by atoms with Crippen LogP contribution < -0.4 is 0 Å². The molecule has 0 bridgehead atoms. The molecule has 4 rings (SSSR count). The molecular weight excluding hydrogens is 477 g/mol. The summed E-state index contributed by atoms with van der Waals surface area (Å²) in [6.45, 7) is 3.80. The predicted molar refractivity (Wildman–Crippen MR) is 143 cm³/mol. The number of thioether (sulfide) groups is 2. The standard InChI is InChI=1S/C27H18N4S3/c1-17-13-23(19-9-5-3-6-10-19)30-25(21(17)15-28)33-27(32)34-26-22(16-29)18(2)14-24(31-26)20-11-7-4-8-12-20/h3-14H,1-2H3. The summed E-state index contributed by atoms with van der Waals surface area (Å²) in [7, 11) is 0. The fraction of sp³-hybridized carbons (Fsp3) is 0.0741. The van der Waals surface area contributed by atoms with E-state index in [0.717, 1.165) is 33.6 Å². The molecule has 0 radical (unpaired) electrons. The highest BCUT2D eigenvalue weighted by atomic mass is 32.2. The summed E-state index contributed by atoms with van der Waals surface area (Å²) in [5.74, 6) is 0. The molecule has 0 amide bonds. The molecule has 0 saturated heterocycles. The molecule has 0 aliphatic heterocycles. The number of nitrogens with zero attached hydrogens (tertiary/aromatic N) is 4. The first-order valence-electron chi connectivity index (χ1n) is 10.3. The molecule has 0 saturated carbocycles. The van der Waals surface area contributed by atoms with E-state index in [1.807, 2.05) is 86.6 Å². The largest absolute Gasteiger partial charge is 0.240 e. The van der Waals surface area contributed by atoms with Crippen molar-refractivity contribution in [1.29, 1.82) is 10.5 Å². The van der Waals surface area contributed by atoms with Crippen LogP contribution in [0, 0.1) is 36.5 Å². The molecule has 0 aliphatic rings. The monoisotopic (exact) mass is 494 g/mol. The molecule has 2 heterocycles. The Kier molecular flexibility index (Phi) is 7.40. The van der Waals surface area contributed by atoms with E-state index in [1.165, 1.54) is 23.5 Å². The fourth-order valence-corrected chi connectivity index (χ4v) is 5.73. The average Bonchev–Trinajstić information content (AvgIpc) is 2.84. The maximum atomic E-state index is 9.74. The second kappa shape index (κ2) is 10.6. The molecule has 0 spiro atoms. The molecule has 4 aromatic rings. The van der Waals surface area contributed by atoms with Crippen LogP contribution in [0.5, 0.6) is 0 Å². The Balaban J connectivity index is 1.67. The second-order valence-corrected chi connectivity index (χ2v) is 10.6. The van der Waals surface area contributed by atoms with Crippen molar-refractivity contribution in [2.75, 3.05) is 0 Å². The van der Waals surface area contributed by atoms with Gasteiger partial charge in [-0.2, -0.15) is 10.5 Å². The first kappa shape index (κ1) is 23.7. The third-order valence-electron chi connectivity index (χ3n) is 5.09. The van der Waals surface area contributed by atoms with Gasteiger partial charge >= 0.3 is 0 Å². The molecule has 2 aromatic heterocycles. The lowest BCUT2D eigenvalue weighted by atomic mass is 10.1. The first-order valence-corrected chi connectivity index (χ1v) is 12.4. The van der Waals surface area contributed by atoms with E-state index in [0.29, 0.717) is 24.7 Å². The second-order valence-electron chi connectivity index (χ2n) is 7.42. The number of pyridine rings is 2. The molecule has 0 N–H and O–H groups in total. The van der Waals surface area contributed by atoms with Crippen LogP contribution in [-0.2, 0) is 0 Å². The van der Waals surface area contributed by atoms with E-state index < -0.39 is 0 Å². The zero-order chi connectivity index (χ0) is 24.1. The van der Waals surface area contributed by atoms with Gasteiger partial charge in [-0.1, -0.05) is 72.9 Å². The van der Waals surface area contributed by atoms with Crippen molar-refractivity contribution < 1.29 is 0 Å². The average molecular weight is 495 g/mol. The van der Waals surface area contributed by atoms with Gasteiger partial charge in [-0.3, -0.25) is 0 Å². The Morgan fingerprint density at radius 2 is 1.09 bits per heavy atom. The van der Waals surface area contributed by atoms with Gasteiger partial charge in [0.05, 0.1) is 22.5 Å². The minimum absolute atomic E-state index is 0.496. The van der Waals surface area contributed by atoms with Gasteiger partial charge in [0.2, 0.25) is 0 Å². The van der Waals surface area contributed by atoms with E-state index in [2.05, 4.69) is 12.1 Å². The summed E-state index contributed by atoms with van der Waals surface area (Å²) >= 11 is 8.17. The quantitative estimate of drug-likeness (QED) is 0.217. The topological polar surface area (TPSA) is 73.4 Å². The van der Waals surface area contributed by atoms with Crippen molar-refractivity contribution in [1.82, 2.24) is 9.97 Å².